The largest absolute Gasteiger partial charge is 0.480 e. The number of carboxylic acid groups (broad SMARTS) is 1. The summed E-state index contributed by atoms with van der Waals surface area (Å²) >= 11 is 0. The molecule has 1 aliphatic heterocycles. The minimum atomic E-state index is -1.43. The third kappa shape index (κ3) is 5.31. The minimum Gasteiger partial charge on any atom is -0.480 e. The summed E-state index contributed by atoms with van der Waals surface area (Å²) in [5, 5.41) is 19.1. The van der Waals surface area contributed by atoms with Crippen LogP contribution in [0.1, 0.15) is 91.4 Å². The van der Waals surface area contributed by atoms with E-state index in [2.05, 4.69) is 6.92 Å². The zero-order valence-electron chi connectivity index (χ0n) is 25.3. The van der Waals surface area contributed by atoms with E-state index in [1.807, 2.05) is 13.0 Å². The topological polar surface area (TPSA) is 165 Å². The maximum absolute atomic E-state index is 13.9. The van der Waals surface area contributed by atoms with Crippen LogP contribution in [-0.4, -0.2) is 81.4 Å². The first-order valence-corrected chi connectivity index (χ1v) is 15.5. The number of ether oxygens (including phenoxy) is 2. The van der Waals surface area contributed by atoms with Crippen molar-refractivity contribution in [3.8, 4) is 0 Å². The number of β-amino-alcohol motifs (C(OH)–C–C–N with tert-alkyl or cyclic N) is 1. The van der Waals surface area contributed by atoms with Gasteiger partial charge in [-0.25, -0.2) is 4.79 Å². The highest BCUT2D eigenvalue weighted by molar-refractivity contribution is 5.94. The highest BCUT2D eigenvalue weighted by atomic mass is 16.6. The molecular weight excluding hydrogens is 558 g/mol. The molecule has 0 spiro atoms. The van der Waals surface area contributed by atoms with Gasteiger partial charge in [-0.3, -0.25) is 24.0 Å². The van der Waals surface area contributed by atoms with Crippen molar-refractivity contribution in [1.29, 1.82) is 0 Å². The summed E-state index contributed by atoms with van der Waals surface area (Å²) in [4.78, 5) is 76.1. The maximum atomic E-state index is 13.9. The van der Waals surface area contributed by atoms with Gasteiger partial charge in [-0.2, -0.15) is 0 Å². The summed E-state index contributed by atoms with van der Waals surface area (Å²) in [6, 6.07) is -1.15. The van der Waals surface area contributed by atoms with Crippen LogP contribution in [0, 0.1) is 28.6 Å². The van der Waals surface area contributed by atoms with Crippen molar-refractivity contribution < 1.29 is 48.5 Å². The number of carbonyl (C=O) groups is 6. The Kier molecular flexibility index (Phi) is 8.35. The molecule has 8 atom stereocenters. The van der Waals surface area contributed by atoms with Gasteiger partial charge in [-0.05, 0) is 74.2 Å². The number of carboxylic acids is 1. The molecule has 11 nitrogen and oxygen atoms in total. The minimum absolute atomic E-state index is 0.0422. The average molecular weight is 602 g/mol. The number of hydrogen-bond donors (Lipinski definition) is 2. The number of Topliss-reactive ketones (excluding diaryl/α,β-unsaturated/α-hetero) is 1. The van der Waals surface area contributed by atoms with Crippen LogP contribution in [0.25, 0.3) is 0 Å². The van der Waals surface area contributed by atoms with Crippen LogP contribution in [0.4, 0.5) is 0 Å². The Hall–Kier alpha value is -3.08. The van der Waals surface area contributed by atoms with Crippen LogP contribution in [0.2, 0.25) is 0 Å². The summed E-state index contributed by atoms with van der Waals surface area (Å²) in [7, 11) is 0. The second-order valence-corrected chi connectivity index (χ2v) is 13.8. The molecule has 0 aromatic heterocycles. The molecule has 4 fully saturated rings. The fourth-order valence-corrected chi connectivity index (χ4v) is 9.50. The van der Waals surface area contributed by atoms with Gasteiger partial charge in [0.25, 0.3) is 0 Å². The predicted octanol–water partition coefficient (Wildman–Crippen LogP) is 2.76. The van der Waals surface area contributed by atoms with E-state index in [0.717, 1.165) is 30.6 Å². The Morgan fingerprint density at radius 3 is 2.42 bits per heavy atom. The van der Waals surface area contributed by atoms with Crippen molar-refractivity contribution >= 4 is 35.4 Å². The first kappa shape index (κ1) is 31.3. The maximum Gasteiger partial charge on any atom is 0.326 e. The molecule has 236 valence electrons. The van der Waals surface area contributed by atoms with Gasteiger partial charge in [0, 0.05) is 38.1 Å². The Morgan fingerprint density at radius 1 is 1.00 bits per heavy atom. The van der Waals surface area contributed by atoms with Gasteiger partial charge in [0.1, 0.15) is 6.04 Å². The standard InChI is InChI=1S/C32H43NO10/c1-18(34)43-32(26(37)17-42-28(39)7-6-27(38)33-16-21(36)15-25(33)29(40)41)13-10-24-22-5-4-19-14-20(35)8-11-30(19,2)23(22)9-12-31(24,32)3/h14,21-25,36H,4-13,15-17H2,1-3H3,(H,40,41)/t21-,22-,23+,24+,25+,30+,31+,32+/m1/s1. The quantitative estimate of drug-likeness (QED) is 0.395. The van der Waals surface area contributed by atoms with Crippen LogP contribution < -0.4 is 0 Å². The Bertz CT molecular complexity index is 1260. The molecule has 4 aliphatic carbocycles. The Morgan fingerprint density at radius 2 is 1.72 bits per heavy atom. The zero-order valence-corrected chi connectivity index (χ0v) is 25.3. The monoisotopic (exact) mass is 601 g/mol. The van der Waals surface area contributed by atoms with E-state index in [1.54, 1.807) is 0 Å². The van der Waals surface area contributed by atoms with Gasteiger partial charge in [-0.15, -0.1) is 0 Å². The van der Waals surface area contributed by atoms with Gasteiger partial charge in [0.15, 0.2) is 18.0 Å². The molecule has 3 saturated carbocycles. The Labute approximate surface area is 251 Å². The lowest BCUT2D eigenvalue weighted by Crippen LogP contribution is -2.59. The first-order chi connectivity index (χ1) is 20.2. The molecule has 2 N–H and O–H groups in total. The number of rotatable bonds is 8. The number of nitrogens with zero attached hydrogens (tertiary/aromatic N) is 1. The molecule has 1 heterocycles. The zero-order chi connectivity index (χ0) is 31.3. The summed E-state index contributed by atoms with van der Waals surface area (Å²) in [6.45, 7) is 4.88. The number of ketones is 2. The van der Waals surface area contributed by atoms with Crippen molar-refractivity contribution in [3.05, 3.63) is 11.6 Å². The molecule has 11 heteroatoms. The van der Waals surface area contributed by atoms with Crippen molar-refractivity contribution in [3.63, 3.8) is 0 Å². The molecule has 0 unspecified atom stereocenters. The number of aliphatic hydroxyl groups excluding tert-OH is 1. The second kappa shape index (κ2) is 11.4. The first-order valence-electron chi connectivity index (χ1n) is 15.5. The number of fused-ring (bicyclic) bond motifs is 5. The molecule has 5 aliphatic rings. The number of amides is 1. The number of allylic oxidation sites excluding steroid dienone is 1. The van der Waals surface area contributed by atoms with E-state index >= 15 is 0 Å². The van der Waals surface area contributed by atoms with Gasteiger partial charge in [0.05, 0.1) is 12.5 Å². The van der Waals surface area contributed by atoms with Crippen LogP contribution in [0.3, 0.4) is 0 Å². The number of hydrogen-bond acceptors (Lipinski definition) is 9. The lowest BCUT2D eigenvalue weighted by atomic mass is 9.46. The summed E-state index contributed by atoms with van der Waals surface area (Å²) in [5.41, 5.74) is -0.855. The van der Waals surface area contributed by atoms with E-state index in [9.17, 15) is 39.0 Å². The fourth-order valence-electron chi connectivity index (χ4n) is 9.50. The van der Waals surface area contributed by atoms with Gasteiger partial charge in [0.2, 0.25) is 11.7 Å². The molecule has 5 rings (SSSR count). The fraction of sp³-hybridized carbons (Fsp3) is 0.750. The summed E-state index contributed by atoms with van der Waals surface area (Å²) in [5.74, 6) is -2.59. The third-order valence-corrected chi connectivity index (χ3v) is 11.6. The molecule has 43 heavy (non-hydrogen) atoms. The Balaban J connectivity index is 1.25. The lowest BCUT2D eigenvalue weighted by Gasteiger charge is -2.59. The second-order valence-electron chi connectivity index (χ2n) is 13.8. The van der Waals surface area contributed by atoms with Gasteiger partial charge < -0.3 is 24.6 Å². The van der Waals surface area contributed by atoms with Crippen molar-refractivity contribution in [2.24, 2.45) is 28.6 Å². The molecular formula is C32H43NO10. The number of likely N-dealkylation sites (tertiary alicyclic amines) is 1. The molecule has 0 bridgehead atoms. The number of carbonyl (C=O) groups excluding carboxylic acids is 5. The molecule has 1 saturated heterocycles. The van der Waals surface area contributed by atoms with Crippen molar-refractivity contribution in [2.45, 2.75) is 109 Å². The number of aliphatic carboxylic acids is 1. The summed E-state index contributed by atoms with van der Waals surface area (Å²) < 4.78 is 11.2. The normalized spacial score (nSPS) is 38.3. The predicted molar refractivity (Wildman–Crippen MR) is 150 cm³/mol. The highest BCUT2D eigenvalue weighted by Crippen LogP contribution is 2.68. The number of esters is 2. The third-order valence-electron chi connectivity index (χ3n) is 11.6. The van der Waals surface area contributed by atoms with E-state index in [-0.39, 0.29) is 42.9 Å². The molecule has 0 radical (unpaired) electrons. The average Bonchev–Trinajstić information content (AvgIpc) is 3.48. The smallest absolute Gasteiger partial charge is 0.326 e. The van der Waals surface area contributed by atoms with Crippen LogP contribution >= 0.6 is 0 Å². The number of aliphatic hydroxyl groups is 1. The lowest BCUT2D eigenvalue weighted by molar-refractivity contribution is -0.191. The van der Waals surface area contributed by atoms with E-state index in [1.165, 1.54) is 12.5 Å². The summed E-state index contributed by atoms with van der Waals surface area (Å²) in [6.07, 6.45) is 5.90. The van der Waals surface area contributed by atoms with E-state index in [0.29, 0.717) is 37.5 Å². The van der Waals surface area contributed by atoms with Crippen LogP contribution in [-0.2, 0) is 38.2 Å². The van der Waals surface area contributed by atoms with Gasteiger partial charge >= 0.3 is 17.9 Å². The van der Waals surface area contributed by atoms with Crippen molar-refractivity contribution in [2.75, 3.05) is 13.2 Å². The molecule has 0 aromatic rings. The SMILES string of the molecule is CC(=O)O[C@]1(C(=O)COC(=O)CCC(=O)N2C[C@H](O)C[C@H]2C(=O)O)CC[C@H]2[C@@H]3CCC4=CC(=O)CC[C@]4(C)[C@H]3CC[C@@]21C. The highest BCUT2D eigenvalue weighted by Gasteiger charge is 2.68. The van der Waals surface area contributed by atoms with E-state index < -0.39 is 59.4 Å². The molecule has 0 aromatic carbocycles. The van der Waals surface area contributed by atoms with Crippen molar-refractivity contribution in [1.82, 2.24) is 4.90 Å². The van der Waals surface area contributed by atoms with Crippen LogP contribution in [0.15, 0.2) is 11.6 Å². The molecule has 1 amide bonds. The van der Waals surface area contributed by atoms with Crippen LogP contribution in [0.5, 0.6) is 0 Å². The van der Waals surface area contributed by atoms with Gasteiger partial charge in [-0.1, -0.05) is 19.4 Å². The van der Waals surface area contributed by atoms with E-state index in [4.69, 9.17) is 9.47 Å².